The van der Waals surface area contributed by atoms with Gasteiger partial charge < -0.3 is 14.2 Å². The molecular weight excluding hydrogens is 406 g/mol. The number of hydrogen-bond donors (Lipinski definition) is 0. The minimum absolute atomic E-state index is 0.0474. The molecule has 0 aliphatic rings. The summed E-state index contributed by atoms with van der Waals surface area (Å²) >= 11 is 6.16. The Morgan fingerprint density at radius 1 is 1.38 bits per heavy atom. The lowest BCUT2D eigenvalue weighted by molar-refractivity contribution is 0.0769. The highest BCUT2D eigenvalue weighted by atomic mass is 35.5. The van der Waals surface area contributed by atoms with Crippen molar-refractivity contribution in [2.75, 3.05) is 7.05 Å². The molecule has 29 heavy (non-hydrogen) atoms. The first-order valence-corrected chi connectivity index (χ1v) is 9.18. The number of carbonyl (C=O) groups is 1. The van der Waals surface area contributed by atoms with E-state index in [1.807, 2.05) is 6.92 Å². The maximum Gasteiger partial charge on any atom is 0.276 e. The first-order chi connectivity index (χ1) is 13.8. The molecule has 1 amide bonds. The number of benzene rings is 1. The number of carbonyl (C=O) groups excluding carboxylic acids is 1. The van der Waals surface area contributed by atoms with Crippen LogP contribution >= 0.6 is 11.6 Å². The van der Waals surface area contributed by atoms with E-state index in [0.29, 0.717) is 28.6 Å². The molecule has 0 saturated heterocycles. The van der Waals surface area contributed by atoms with Gasteiger partial charge in [0.25, 0.3) is 5.91 Å². The van der Waals surface area contributed by atoms with Crippen LogP contribution in [-0.4, -0.2) is 32.8 Å². The number of rotatable bonds is 7. The summed E-state index contributed by atoms with van der Waals surface area (Å²) < 4.78 is 39.1. The molecule has 10 heteroatoms. The molecule has 0 unspecified atom stereocenters. The Bertz CT molecular complexity index is 1030. The molecule has 2 aromatic heterocycles. The van der Waals surface area contributed by atoms with Gasteiger partial charge in [0.15, 0.2) is 17.3 Å². The van der Waals surface area contributed by atoms with Crippen molar-refractivity contribution in [3.8, 4) is 5.75 Å². The summed E-state index contributed by atoms with van der Waals surface area (Å²) in [6.07, 6.45) is 1.52. The first-order valence-electron chi connectivity index (χ1n) is 8.80. The minimum Gasteiger partial charge on any atom is -0.486 e. The maximum absolute atomic E-state index is 13.8. The molecule has 0 aliphatic carbocycles. The monoisotopic (exact) mass is 424 g/mol. The smallest absolute Gasteiger partial charge is 0.276 e. The van der Waals surface area contributed by atoms with Crippen LogP contribution in [0.3, 0.4) is 0 Å². The van der Waals surface area contributed by atoms with E-state index in [1.165, 1.54) is 17.2 Å². The number of hydrogen-bond acceptors (Lipinski definition) is 5. The number of nitrogens with zero attached hydrogens (tertiary/aromatic N) is 4. The first kappa shape index (κ1) is 20.8. The predicted octanol–water partition coefficient (Wildman–Crippen LogP) is 3.98. The van der Waals surface area contributed by atoms with Crippen molar-refractivity contribution in [1.29, 1.82) is 0 Å². The SMILES string of the molecule is CCn1ncc(Cl)c1CN(C)C(=O)c1noc(C)c1COc1ccc(F)cc1F. The summed E-state index contributed by atoms with van der Waals surface area (Å²) in [6, 6.07) is 2.98. The Morgan fingerprint density at radius 2 is 2.14 bits per heavy atom. The van der Waals surface area contributed by atoms with Gasteiger partial charge in [0, 0.05) is 19.7 Å². The van der Waals surface area contributed by atoms with Gasteiger partial charge in [-0.3, -0.25) is 9.48 Å². The van der Waals surface area contributed by atoms with Crippen molar-refractivity contribution in [1.82, 2.24) is 19.8 Å². The Hall–Kier alpha value is -2.94. The molecule has 7 nitrogen and oxygen atoms in total. The number of ether oxygens (including phenoxy) is 1. The predicted molar refractivity (Wildman–Crippen MR) is 101 cm³/mol. The zero-order valence-corrected chi connectivity index (χ0v) is 16.8. The summed E-state index contributed by atoms with van der Waals surface area (Å²) in [5.41, 5.74) is 1.11. The average Bonchev–Trinajstić information content (AvgIpc) is 3.23. The zero-order valence-electron chi connectivity index (χ0n) is 16.1. The molecule has 0 spiro atoms. The molecule has 0 radical (unpaired) electrons. The van der Waals surface area contributed by atoms with E-state index in [2.05, 4.69) is 10.3 Å². The zero-order chi connectivity index (χ0) is 21.1. The van der Waals surface area contributed by atoms with Gasteiger partial charge in [0.2, 0.25) is 0 Å². The highest BCUT2D eigenvalue weighted by molar-refractivity contribution is 6.31. The van der Waals surface area contributed by atoms with Crippen LogP contribution in [0.5, 0.6) is 5.75 Å². The van der Waals surface area contributed by atoms with Crippen molar-refractivity contribution >= 4 is 17.5 Å². The van der Waals surface area contributed by atoms with Crippen molar-refractivity contribution in [2.45, 2.75) is 33.5 Å². The molecule has 0 aliphatic heterocycles. The Morgan fingerprint density at radius 3 is 2.83 bits per heavy atom. The summed E-state index contributed by atoms with van der Waals surface area (Å²) in [4.78, 5) is 14.3. The van der Waals surface area contributed by atoms with Gasteiger partial charge >= 0.3 is 0 Å². The normalized spacial score (nSPS) is 11.0. The molecular formula is C19H19ClF2N4O3. The Kier molecular flexibility index (Phi) is 6.17. The number of amides is 1. The number of halogens is 3. The second kappa shape index (κ2) is 8.60. The van der Waals surface area contributed by atoms with Crippen molar-refractivity contribution in [3.63, 3.8) is 0 Å². The average molecular weight is 425 g/mol. The number of aromatic nitrogens is 3. The molecule has 1 aromatic carbocycles. The Labute approximate surface area is 170 Å². The van der Waals surface area contributed by atoms with Crippen molar-refractivity contribution in [2.24, 2.45) is 0 Å². The van der Waals surface area contributed by atoms with Gasteiger partial charge in [0.1, 0.15) is 18.2 Å². The van der Waals surface area contributed by atoms with Crippen LogP contribution in [0.15, 0.2) is 28.9 Å². The van der Waals surface area contributed by atoms with E-state index in [4.69, 9.17) is 20.9 Å². The van der Waals surface area contributed by atoms with Crippen molar-refractivity contribution in [3.05, 3.63) is 63.8 Å². The molecule has 154 valence electrons. The van der Waals surface area contributed by atoms with Crippen LogP contribution in [-0.2, 0) is 19.7 Å². The third-order valence-electron chi connectivity index (χ3n) is 4.38. The fourth-order valence-corrected chi connectivity index (χ4v) is 2.97. The standard InChI is InChI=1S/C19H19ClF2N4O3/c1-4-26-16(14(20)8-23-26)9-25(3)19(27)18-13(11(2)29-24-18)10-28-17-6-5-12(21)7-15(17)22/h5-8H,4,9-10H2,1-3H3. The van der Waals surface area contributed by atoms with Gasteiger partial charge in [-0.25, -0.2) is 8.78 Å². The van der Waals surface area contributed by atoms with Gasteiger partial charge in [-0.2, -0.15) is 5.10 Å². The molecule has 0 atom stereocenters. The molecule has 0 saturated carbocycles. The van der Waals surface area contributed by atoms with E-state index in [-0.39, 0.29) is 24.6 Å². The molecule has 0 N–H and O–H groups in total. The van der Waals surface area contributed by atoms with Crippen LogP contribution in [0.1, 0.15) is 34.4 Å². The molecule has 3 rings (SSSR count). The summed E-state index contributed by atoms with van der Waals surface area (Å²) in [6.45, 7) is 4.19. The van der Waals surface area contributed by atoms with E-state index >= 15 is 0 Å². The van der Waals surface area contributed by atoms with Gasteiger partial charge in [-0.05, 0) is 26.0 Å². The van der Waals surface area contributed by atoms with Gasteiger partial charge in [0.05, 0.1) is 29.0 Å². The topological polar surface area (TPSA) is 73.4 Å². The van der Waals surface area contributed by atoms with E-state index < -0.39 is 17.5 Å². The van der Waals surface area contributed by atoms with Crippen LogP contribution < -0.4 is 4.74 Å². The lowest BCUT2D eigenvalue weighted by atomic mass is 10.2. The van der Waals surface area contributed by atoms with Crippen LogP contribution in [0.2, 0.25) is 5.02 Å². The lowest BCUT2D eigenvalue weighted by Crippen LogP contribution is -2.29. The van der Waals surface area contributed by atoms with E-state index in [9.17, 15) is 13.6 Å². The lowest BCUT2D eigenvalue weighted by Gasteiger charge is -2.17. The largest absolute Gasteiger partial charge is 0.486 e. The van der Waals surface area contributed by atoms with Crippen LogP contribution in [0, 0.1) is 18.6 Å². The second-order valence-corrected chi connectivity index (χ2v) is 6.75. The Balaban J connectivity index is 1.77. The quantitative estimate of drug-likeness (QED) is 0.573. The molecule has 2 heterocycles. The molecule has 0 bridgehead atoms. The number of aryl methyl sites for hydroxylation is 2. The van der Waals surface area contributed by atoms with E-state index in [1.54, 1.807) is 18.7 Å². The minimum atomic E-state index is -0.841. The fourth-order valence-electron chi connectivity index (χ4n) is 2.77. The third-order valence-corrected chi connectivity index (χ3v) is 4.70. The van der Waals surface area contributed by atoms with Gasteiger partial charge in [-0.15, -0.1) is 0 Å². The fraction of sp³-hybridized carbons (Fsp3) is 0.316. The maximum atomic E-state index is 13.8. The second-order valence-electron chi connectivity index (χ2n) is 6.35. The summed E-state index contributed by atoms with van der Waals surface area (Å²) in [5, 5.41) is 8.43. The van der Waals surface area contributed by atoms with Crippen LogP contribution in [0.4, 0.5) is 8.78 Å². The summed E-state index contributed by atoms with van der Waals surface area (Å²) in [7, 11) is 1.60. The molecule has 0 fully saturated rings. The van der Waals surface area contributed by atoms with E-state index in [0.717, 1.165) is 12.1 Å². The third kappa shape index (κ3) is 4.40. The molecule has 3 aromatic rings. The van der Waals surface area contributed by atoms with Crippen LogP contribution in [0.25, 0.3) is 0 Å². The van der Waals surface area contributed by atoms with Crippen molar-refractivity contribution < 1.29 is 22.8 Å². The highest BCUT2D eigenvalue weighted by Crippen LogP contribution is 2.23. The highest BCUT2D eigenvalue weighted by Gasteiger charge is 2.25. The van der Waals surface area contributed by atoms with Gasteiger partial charge in [-0.1, -0.05) is 16.8 Å². The summed E-state index contributed by atoms with van der Waals surface area (Å²) in [5.74, 6) is -1.75.